The van der Waals surface area contributed by atoms with Crippen molar-refractivity contribution in [3.05, 3.63) is 59.2 Å². The van der Waals surface area contributed by atoms with Crippen molar-refractivity contribution in [3.63, 3.8) is 0 Å². The van der Waals surface area contributed by atoms with Gasteiger partial charge in [0.25, 0.3) is 11.8 Å². The molecule has 0 bridgehead atoms. The van der Waals surface area contributed by atoms with Gasteiger partial charge in [0.15, 0.2) is 6.61 Å². The van der Waals surface area contributed by atoms with E-state index in [1.54, 1.807) is 12.1 Å². The van der Waals surface area contributed by atoms with E-state index in [1.165, 1.54) is 12.1 Å². The molecule has 5 nitrogen and oxygen atoms in total. The Morgan fingerprint density at radius 1 is 0.935 bits per heavy atom. The Kier molecular flexibility index (Phi) is 6.14. The minimum atomic E-state index is -5.03. The number of nitrogens with one attached hydrogen (secondary N) is 2. The molecule has 2 amide bonds. The van der Waals surface area contributed by atoms with E-state index in [0.29, 0.717) is 12.1 Å². The second-order valence-electron chi connectivity index (χ2n) is 6.87. The number of ether oxygens (including phenoxy) is 1. The second kappa shape index (κ2) is 8.48. The number of amides is 2. The average Bonchev–Trinajstić information content (AvgIpc) is 3.49. The third-order valence-electron chi connectivity index (χ3n) is 4.29. The molecule has 0 aliphatic heterocycles. The fourth-order valence-electron chi connectivity index (χ4n) is 2.63. The highest BCUT2D eigenvalue weighted by Gasteiger charge is 2.37. The Hall–Kier alpha value is -3.24. The minimum absolute atomic E-state index is 0.0400. The minimum Gasteiger partial charge on any atom is -0.484 e. The zero-order valence-corrected chi connectivity index (χ0v) is 15.7. The topological polar surface area (TPSA) is 67.4 Å². The molecule has 2 aromatic rings. The summed E-state index contributed by atoms with van der Waals surface area (Å²) < 4.78 is 82.3. The van der Waals surface area contributed by atoms with Crippen LogP contribution in [0, 0.1) is 0 Å². The van der Waals surface area contributed by atoms with Crippen molar-refractivity contribution in [2.24, 2.45) is 0 Å². The Balaban J connectivity index is 1.71. The van der Waals surface area contributed by atoms with Crippen molar-refractivity contribution in [1.82, 2.24) is 5.32 Å². The molecule has 31 heavy (non-hydrogen) atoms. The summed E-state index contributed by atoms with van der Waals surface area (Å²) in [5, 5.41) is 5.12. The van der Waals surface area contributed by atoms with E-state index < -0.39 is 47.7 Å². The highest BCUT2D eigenvalue weighted by Crippen LogP contribution is 2.38. The highest BCUT2D eigenvalue weighted by molar-refractivity contribution is 6.04. The first kappa shape index (κ1) is 22.4. The van der Waals surface area contributed by atoms with E-state index in [9.17, 15) is 35.9 Å². The molecule has 0 aromatic heterocycles. The van der Waals surface area contributed by atoms with Gasteiger partial charge in [0.05, 0.1) is 22.4 Å². The van der Waals surface area contributed by atoms with E-state index in [4.69, 9.17) is 4.74 Å². The molecule has 0 spiro atoms. The van der Waals surface area contributed by atoms with Crippen LogP contribution in [0.25, 0.3) is 0 Å². The van der Waals surface area contributed by atoms with Crippen LogP contribution in [0.5, 0.6) is 5.75 Å². The van der Waals surface area contributed by atoms with E-state index in [0.717, 1.165) is 12.8 Å². The molecule has 1 saturated carbocycles. The number of anilines is 1. The lowest BCUT2D eigenvalue weighted by Crippen LogP contribution is -2.28. The largest absolute Gasteiger partial charge is 0.484 e. The number of carbonyl (C=O) groups is 2. The number of halogens is 6. The molecule has 11 heteroatoms. The van der Waals surface area contributed by atoms with Crippen LogP contribution < -0.4 is 15.4 Å². The monoisotopic (exact) mass is 446 g/mol. The second-order valence-corrected chi connectivity index (χ2v) is 6.87. The standard InChI is InChI=1S/C20H16F6N2O3/c21-19(22,23)11-7-12(20(24,25)26)9-14(8-11)31-10-17(29)28-16-4-2-1-3-15(16)18(30)27-13-5-6-13/h1-4,7-9,13H,5-6,10H2,(H,27,30)(H,28,29). The first-order valence-corrected chi connectivity index (χ1v) is 9.05. The quantitative estimate of drug-likeness (QED) is 0.636. The molecule has 166 valence electrons. The van der Waals surface area contributed by atoms with Crippen LogP contribution in [0.1, 0.15) is 34.3 Å². The summed E-state index contributed by atoms with van der Waals surface area (Å²) >= 11 is 0. The molecule has 1 fully saturated rings. The van der Waals surface area contributed by atoms with Crippen LogP contribution in [-0.4, -0.2) is 24.5 Å². The number of benzene rings is 2. The fourth-order valence-corrected chi connectivity index (χ4v) is 2.63. The smallest absolute Gasteiger partial charge is 0.416 e. The number of hydrogen-bond acceptors (Lipinski definition) is 3. The molecule has 0 radical (unpaired) electrons. The number of carbonyl (C=O) groups excluding carboxylic acids is 2. The van der Waals surface area contributed by atoms with Gasteiger partial charge in [0.1, 0.15) is 5.75 Å². The Bertz CT molecular complexity index is 951. The SMILES string of the molecule is O=C(COc1cc(C(F)(F)F)cc(C(F)(F)F)c1)Nc1ccccc1C(=O)NC1CC1. The van der Waals surface area contributed by atoms with Gasteiger partial charge >= 0.3 is 12.4 Å². The van der Waals surface area contributed by atoms with Crippen LogP contribution in [0.15, 0.2) is 42.5 Å². The maximum atomic E-state index is 12.9. The van der Waals surface area contributed by atoms with Crippen LogP contribution >= 0.6 is 0 Å². The molecule has 3 rings (SSSR count). The van der Waals surface area contributed by atoms with Crippen molar-refractivity contribution >= 4 is 17.5 Å². The van der Waals surface area contributed by atoms with Crippen LogP contribution in [0.2, 0.25) is 0 Å². The Morgan fingerprint density at radius 3 is 2.06 bits per heavy atom. The van der Waals surface area contributed by atoms with Gasteiger partial charge in [-0.25, -0.2) is 0 Å². The van der Waals surface area contributed by atoms with Gasteiger partial charge in [-0.15, -0.1) is 0 Å². The number of alkyl halides is 6. The molecule has 0 unspecified atom stereocenters. The maximum Gasteiger partial charge on any atom is 0.416 e. The van der Waals surface area contributed by atoms with Crippen molar-refractivity contribution in [1.29, 1.82) is 0 Å². The summed E-state index contributed by atoms with van der Waals surface area (Å²) in [6.07, 6.45) is -8.36. The lowest BCUT2D eigenvalue weighted by molar-refractivity contribution is -0.143. The molecule has 1 aliphatic rings. The summed E-state index contributed by atoms with van der Waals surface area (Å²) in [6, 6.07) is 6.81. The lowest BCUT2D eigenvalue weighted by Gasteiger charge is -2.15. The van der Waals surface area contributed by atoms with E-state index >= 15 is 0 Å². The van der Waals surface area contributed by atoms with E-state index in [-0.39, 0.29) is 23.4 Å². The fraction of sp³-hybridized carbons (Fsp3) is 0.300. The summed E-state index contributed by atoms with van der Waals surface area (Å²) in [7, 11) is 0. The zero-order chi connectivity index (χ0) is 22.8. The first-order chi connectivity index (χ1) is 14.4. The molecule has 0 heterocycles. The lowest BCUT2D eigenvalue weighted by atomic mass is 10.1. The van der Waals surface area contributed by atoms with Gasteiger partial charge in [-0.05, 0) is 43.2 Å². The molecule has 2 aromatic carbocycles. The Morgan fingerprint density at radius 2 is 1.52 bits per heavy atom. The van der Waals surface area contributed by atoms with Crippen molar-refractivity contribution in [3.8, 4) is 5.75 Å². The number of rotatable bonds is 6. The van der Waals surface area contributed by atoms with Crippen LogP contribution in [0.4, 0.5) is 32.0 Å². The summed E-state index contributed by atoms with van der Waals surface area (Å²) in [4.78, 5) is 24.4. The third kappa shape index (κ3) is 6.12. The van der Waals surface area contributed by atoms with Crippen LogP contribution in [0.3, 0.4) is 0 Å². The summed E-state index contributed by atoms with van der Waals surface area (Å²) in [5.41, 5.74) is -2.81. The van der Waals surface area contributed by atoms with Gasteiger partial charge in [-0.1, -0.05) is 12.1 Å². The van der Waals surface area contributed by atoms with Crippen molar-refractivity contribution < 1.29 is 40.7 Å². The number of para-hydroxylation sites is 1. The molecule has 0 atom stereocenters. The normalized spacial score (nSPS) is 14.1. The summed E-state index contributed by atoms with van der Waals surface area (Å²) in [6.45, 7) is -0.864. The highest BCUT2D eigenvalue weighted by atomic mass is 19.4. The summed E-state index contributed by atoms with van der Waals surface area (Å²) in [5.74, 6) is -2.04. The van der Waals surface area contributed by atoms with Gasteiger partial charge in [0.2, 0.25) is 0 Å². The first-order valence-electron chi connectivity index (χ1n) is 9.05. The van der Waals surface area contributed by atoms with E-state index in [1.807, 2.05) is 0 Å². The van der Waals surface area contributed by atoms with Gasteiger partial charge < -0.3 is 15.4 Å². The molecular weight excluding hydrogens is 430 g/mol. The molecular formula is C20H16F6N2O3. The zero-order valence-electron chi connectivity index (χ0n) is 15.7. The van der Waals surface area contributed by atoms with Gasteiger partial charge in [-0.2, -0.15) is 26.3 Å². The molecule has 2 N–H and O–H groups in total. The molecule has 1 aliphatic carbocycles. The van der Waals surface area contributed by atoms with Crippen molar-refractivity contribution in [2.45, 2.75) is 31.2 Å². The predicted octanol–water partition coefficient (Wildman–Crippen LogP) is 4.63. The Labute approximate surface area is 172 Å². The van der Waals surface area contributed by atoms with Gasteiger partial charge in [-0.3, -0.25) is 9.59 Å². The number of hydrogen-bond donors (Lipinski definition) is 2. The van der Waals surface area contributed by atoms with Crippen LogP contribution in [-0.2, 0) is 17.1 Å². The third-order valence-corrected chi connectivity index (χ3v) is 4.29. The van der Waals surface area contributed by atoms with Crippen molar-refractivity contribution in [2.75, 3.05) is 11.9 Å². The van der Waals surface area contributed by atoms with E-state index in [2.05, 4.69) is 10.6 Å². The maximum absolute atomic E-state index is 12.9. The van der Waals surface area contributed by atoms with Gasteiger partial charge in [0, 0.05) is 6.04 Å². The average molecular weight is 446 g/mol. The molecule has 0 saturated heterocycles. The predicted molar refractivity (Wildman–Crippen MR) is 97.5 cm³/mol.